The molecule has 1 atom stereocenters. The molecule has 0 bridgehead atoms. The highest BCUT2D eigenvalue weighted by atomic mass is 16.5. The van der Waals surface area contributed by atoms with Crippen LogP contribution in [0.5, 0.6) is 5.75 Å². The number of methoxy groups -OCH3 is 1. The van der Waals surface area contributed by atoms with E-state index < -0.39 is 6.10 Å². The van der Waals surface area contributed by atoms with Crippen molar-refractivity contribution < 1.29 is 9.84 Å². The Labute approximate surface area is 118 Å². The lowest BCUT2D eigenvalue weighted by Crippen LogP contribution is -2.27. The van der Waals surface area contributed by atoms with Gasteiger partial charge in [0.2, 0.25) is 0 Å². The average molecular weight is 276 g/mol. The lowest BCUT2D eigenvalue weighted by molar-refractivity contribution is 0.154. The molecule has 1 heterocycles. The van der Waals surface area contributed by atoms with Crippen LogP contribution in [0, 0.1) is 0 Å². The minimum Gasteiger partial charge on any atom is -0.497 e. The molecule has 1 aromatic heterocycles. The van der Waals surface area contributed by atoms with E-state index >= 15 is 0 Å². The van der Waals surface area contributed by atoms with Crippen LogP contribution in [0.25, 0.3) is 0 Å². The first-order valence-corrected chi connectivity index (χ1v) is 6.62. The molecular weight excluding hydrogens is 256 g/mol. The van der Waals surface area contributed by atoms with E-state index in [9.17, 15) is 9.90 Å². The molecule has 5 nitrogen and oxygen atoms in total. The summed E-state index contributed by atoms with van der Waals surface area (Å²) >= 11 is 0. The molecule has 0 fully saturated rings. The second kappa shape index (κ2) is 5.96. The van der Waals surface area contributed by atoms with Crippen LogP contribution in [0.4, 0.5) is 0 Å². The van der Waals surface area contributed by atoms with Crippen molar-refractivity contribution >= 4 is 0 Å². The molecule has 5 heteroatoms. The monoisotopic (exact) mass is 276 g/mol. The number of imidazole rings is 1. The van der Waals surface area contributed by atoms with Gasteiger partial charge in [-0.15, -0.1) is 0 Å². The maximum Gasteiger partial charge on any atom is 0.328 e. The van der Waals surface area contributed by atoms with Gasteiger partial charge in [-0.1, -0.05) is 12.1 Å². The van der Waals surface area contributed by atoms with Crippen LogP contribution in [0.1, 0.15) is 31.6 Å². The summed E-state index contributed by atoms with van der Waals surface area (Å²) in [6, 6.07) is 7.30. The zero-order chi connectivity index (χ0) is 14.7. The molecule has 0 saturated heterocycles. The van der Waals surface area contributed by atoms with Crippen molar-refractivity contribution in [3.05, 3.63) is 52.7 Å². The summed E-state index contributed by atoms with van der Waals surface area (Å²) in [6.45, 7) is 4.14. The maximum atomic E-state index is 12.1. The standard InChI is InChI=1S/C15H20N2O3/c1-11(2)17-9-8-16(15(17)19)10-14(18)12-4-6-13(20-3)7-5-12/h4-9,11,14,18H,10H2,1-3H3. The van der Waals surface area contributed by atoms with Gasteiger partial charge in [0.1, 0.15) is 5.75 Å². The summed E-state index contributed by atoms with van der Waals surface area (Å²) < 4.78 is 8.24. The molecule has 0 radical (unpaired) electrons. The molecular formula is C15H20N2O3. The van der Waals surface area contributed by atoms with Gasteiger partial charge in [0.15, 0.2) is 0 Å². The molecule has 1 aromatic carbocycles. The van der Waals surface area contributed by atoms with Crippen LogP contribution in [0.15, 0.2) is 41.5 Å². The summed E-state index contributed by atoms with van der Waals surface area (Å²) in [5.41, 5.74) is 0.655. The van der Waals surface area contributed by atoms with Crippen LogP contribution >= 0.6 is 0 Å². The second-order valence-corrected chi connectivity index (χ2v) is 5.02. The molecule has 0 aliphatic carbocycles. The fraction of sp³-hybridized carbons (Fsp3) is 0.400. The van der Waals surface area contributed by atoms with Gasteiger partial charge < -0.3 is 9.84 Å². The van der Waals surface area contributed by atoms with Crippen molar-refractivity contribution in [1.82, 2.24) is 9.13 Å². The number of hydrogen-bond donors (Lipinski definition) is 1. The highest BCUT2D eigenvalue weighted by molar-refractivity contribution is 5.28. The van der Waals surface area contributed by atoms with Crippen molar-refractivity contribution in [2.45, 2.75) is 32.5 Å². The Hall–Kier alpha value is -2.01. The van der Waals surface area contributed by atoms with Crippen LogP contribution in [0.3, 0.4) is 0 Å². The van der Waals surface area contributed by atoms with Crippen molar-refractivity contribution in [1.29, 1.82) is 0 Å². The highest BCUT2D eigenvalue weighted by Gasteiger charge is 2.12. The van der Waals surface area contributed by atoms with Gasteiger partial charge in [-0.2, -0.15) is 0 Å². The molecule has 0 saturated carbocycles. The second-order valence-electron chi connectivity index (χ2n) is 5.02. The normalized spacial score (nSPS) is 12.7. The van der Waals surface area contributed by atoms with E-state index in [-0.39, 0.29) is 18.3 Å². The number of aliphatic hydroxyl groups is 1. The van der Waals surface area contributed by atoms with Crippen molar-refractivity contribution in [2.24, 2.45) is 0 Å². The Morgan fingerprint density at radius 3 is 2.35 bits per heavy atom. The Kier molecular flexibility index (Phi) is 4.29. The minimum atomic E-state index is -0.721. The summed E-state index contributed by atoms with van der Waals surface area (Å²) in [6.07, 6.45) is 2.73. The van der Waals surface area contributed by atoms with Gasteiger partial charge in [-0.05, 0) is 31.5 Å². The van der Waals surface area contributed by atoms with Crippen molar-refractivity contribution in [3.8, 4) is 5.75 Å². The van der Waals surface area contributed by atoms with E-state index in [0.717, 1.165) is 11.3 Å². The molecule has 1 N–H and O–H groups in total. The number of hydrogen-bond acceptors (Lipinski definition) is 3. The molecule has 0 aliphatic rings. The smallest absolute Gasteiger partial charge is 0.328 e. The maximum absolute atomic E-state index is 12.1. The summed E-state index contributed by atoms with van der Waals surface area (Å²) in [7, 11) is 1.60. The first-order chi connectivity index (χ1) is 9.52. The highest BCUT2D eigenvalue weighted by Crippen LogP contribution is 2.18. The lowest BCUT2D eigenvalue weighted by atomic mass is 10.1. The molecule has 1 unspecified atom stereocenters. The fourth-order valence-electron chi connectivity index (χ4n) is 2.08. The Morgan fingerprint density at radius 1 is 1.20 bits per heavy atom. The molecule has 108 valence electrons. The average Bonchev–Trinajstić information content (AvgIpc) is 2.80. The summed E-state index contributed by atoms with van der Waals surface area (Å²) in [5.74, 6) is 0.740. The predicted molar refractivity (Wildman–Crippen MR) is 77.0 cm³/mol. The number of ether oxygens (including phenoxy) is 1. The first kappa shape index (κ1) is 14.4. The van der Waals surface area contributed by atoms with Crippen LogP contribution in [0.2, 0.25) is 0 Å². The van der Waals surface area contributed by atoms with E-state index in [0.29, 0.717) is 0 Å². The van der Waals surface area contributed by atoms with Crippen molar-refractivity contribution in [3.63, 3.8) is 0 Å². The topological polar surface area (TPSA) is 56.4 Å². The van der Waals surface area contributed by atoms with Gasteiger partial charge in [0.25, 0.3) is 0 Å². The van der Waals surface area contributed by atoms with E-state index in [1.165, 1.54) is 4.57 Å². The Balaban J connectivity index is 2.14. The third-order valence-electron chi connectivity index (χ3n) is 3.30. The number of nitrogens with zero attached hydrogens (tertiary/aromatic N) is 2. The predicted octanol–water partition coefficient (Wildman–Crippen LogP) is 1.97. The zero-order valence-corrected chi connectivity index (χ0v) is 12.0. The van der Waals surface area contributed by atoms with E-state index in [1.54, 1.807) is 48.3 Å². The van der Waals surface area contributed by atoms with E-state index in [1.807, 2.05) is 13.8 Å². The molecule has 0 amide bonds. The zero-order valence-electron chi connectivity index (χ0n) is 12.0. The van der Waals surface area contributed by atoms with E-state index in [4.69, 9.17) is 4.74 Å². The molecule has 0 spiro atoms. The van der Waals surface area contributed by atoms with Crippen LogP contribution in [-0.2, 0) is 6.54 Å². The number of rotatable bonds is 5. The quantitative estimate of drug-likeness (QED) is 0.908. The third-order valence-corrected chi connectivity index (χ3v) is 3.30. The summed E-state index contributed by atoms with van der Waals surface area (Å²) in [5, 5.41) is 10.2. The van der Waals surface area contributed by atoms with Crippen LogP contribution < -0.4 is 10.4 Å². The third kappa shape index (κ3) is 2.93. The molecule has 0 aliphatic heterocycles. The van der Waals surface area contributed by atoms with E-state index in [2.05, 4.69) is 0 Å². The molecule has 2 rings (SSSR count). The van der Waals surface area contributed by atoms with Gasteiger partial charge in [0.05, 0.1) is 19.8 Å². The summed E-state index contributed by atoms with van der Waals surface area (Å²) in [4.78, 5) is 12.1. The van der Waals surface area contributed by atoms with Gasteiger partial charge in [-0.3, -0.25) is 9.13 Å². The Bertz CT molecular complexity index is 611. The number of aliphatic hydroxyl groups excluding tert-OH is 1. The largest absolute Gasteiger partial charge is 0.497 e. The van der Waals surface area contributed by atoms with Gasteiger partial charge in [-0.25, -0.2) is 4.79 Å². The van der Waals surface area contributed by atoms with Gasteiger partial charge in [0, 0.05) is 18.4 Å². The number of aromatic nitrogens is 2. The van der Waals surface area contributed by atoms with Crippen LogP contribution in [-0.4, -0.2) is 21.4 Å². The SMILES string of the molecule is COc1ccc(C(O)Cn2ccn(C(C)C)c2=O)cc1. The van der Waals surface area contributed by atoms with Crippen molar-refractivity contribution in [2.75, 3.05) is 7.11 Å². The fourth-order valence-corrected chi connectivity index (χ4v) is 2.08. The number of benzene rings is 1. The molecule has 20 heavy (non-hydrogen) atoms. The first-order valence-electron chi connectivity index (χ1n) is 6.62. The van der Waals surface area contributed by atoms with Gasteiger partial charge >= 0.3 is 5.69 Å². The lowest BCUT2D eigenvalue weighted by Gasteiger charge is -2.12. The minimum absolute atomic E-state index is 0.104. The molecule has 2 aromatic rings. The Morgan fingerprint density at radius 2 is 1.85 bits per heavy atom.